The standard InChI is InChI=1S/C18H23NO3/c1-12-6-3-4-7-15(12)18(8-5-9-18)17(22)19-10-13(2)14(11-19)16(20)21/h3-4,6-7,13-14H,5,8-11H2,1-2H3,(H,20,21)/t13-,14-/m1/s1. The molecule has 2 atom stereocenters. The molecule has 0 radical (unpaired) electrons. The number of hydrogen-bond acceptors (Lipinski definition) is 2. The van der Waals surface area contributed by atoms with Crippen LogP contribution >= 0.6 is 0 Å². The minimum Gasteiger partial charge on any atom is -0.481 e. The average molecular weight is 301 g/mol. The van der Waals surface area contributed by atoms with Gasteiger partial charge in [-0.05, 0) is 36.8 Å². The Morgan fingerprint density at radius 3 is 2.41 bits per heavy atom. The van der Waals surface area contributed by atoms with Crippen LogP contribution in [0.25, 0.3) is 0 Å². The second kappa shape index (κ2) is 5.41. The Kier molecular flexibility index (Phi) is 3.71. The second-order valence-corrected chi connectivity index (χ2v) is 6.88. The highest BCUT2D eigenvalue weighted by Crippen LogP contribution is 2.47. The van der Waals surface area contributed by atoms with Crippen molar-refractivity contribution in [2.75, 3.05) is 13.1 Å². The van der Waals surface area contributed by atoms with Crippen LogP contribution in [0.3, 0.4) is 0 Å². The van der Waals surface area contributed by atoms with Crippen molar-refractivity contribution in [3.8, 4) is 0 Å². The lowest BCUT2D eigenvalue weighted by molar-refractivity contribution is -0.143. The van der Waals surface area contributed by atoms with Gasteiger partial charge in [-0.25, -0.2) is 0 Å². The zero-order chi connectivity index (χ0) is 15.9. The van der Waals surface area contributed by atoms with E-state index in [1.807, 2.05) is 19.1 Å². The predicted octanol–water partition coefficient (Wildman–Crippen LogP) is 2.60. The van der Waals surface area contributed by atoms with Crippen molar-refractivity contribution in [2.45, 2.75) is 38.5 Å². The first-order valence-electron chi connectivity index (χ1n) is 8.04. The van der Waals surface area contributed by atoms with Gasteiger partial charge in [0.05, 0.1) is 11.3 Å². The summed E-state index contributed by atoms with van der Waals surface area (Å²) in [5.74, 6) is -1.07. The van der Waals surface area contributed by atoms with Crippen molar-refractivity contribution >= 4 is 11.9 Å². The van der Waals surface area contributed by atoms with E-state index in [1.54, 1.807) is 4.90 Å². The van der Waals surface area contributed by atoms with Crippen LogP contribution in [0.4, 0.5) is 0 Å². The van der Waals surface area contributed by atoms with E-state index >= 15 is 0 Å². The van der Waals surface area contributed by atoms with Crippen LogP contribution in [0.1, 0.15) is 37.3 Å². The Morgan fingerprint density at radius 1 is 1.23 bits per heavy atom. The summed E-state index contributed by atoms with van der Waals surface area (Å²) in [6.45, 7) is 4.88. The number of carboxylic acid groups (broad SMARTS) is 1. The number of aliphatic carboxylic acids is 1. The quantitative estimate of drug-likeness (QED) is 0.933. The molecule has 0 bridgehead atoms. The van der Waals surface area contributed by atoms with Crippen LogP contribution in [0.5, 0.6) is 0 Å². The molecule has 1 aliphatic carbocycles. The fraction of sp³-hybridized carbons (Fsp3) is 0.556. The molecule has 1 N–H and O–H groups in total. The molecule has 2 fully saturated rings. The molecule has 0 spiro atoms. The van der Waals surface area contributed by atoms with Gasteiger partial charge < -0.3 is 10.0 Å². The summed E-state index contributed by atoms with van der Waals surface area (Å²) in [4.78, 5) is 26.2. The highest BCUT2D eigenvalue weighted by Gasteiger charge is 2.50. The minimum atomic E-state index is -0.790. The van der Waals surface area contributed by atoms with Crippen molar-refractivity contribution < 1.29 is 14.7 Å². The molecule has 1 aromatic rings. The number of aryl methyl sites for hydroxylation is 1. The molecule has 4 heteroatoms. The van der Waals surface area contributed by atoms with Crippen LogP contribution < -0.4 is 0 Å². The first-order valence-corrected chi connectivity index (χ1v) is 8.04. The van der Waals surface area contributed by atoms with E-state index < -0.39 is 17.3 Å². The van der Waals surface area contributed by atoms with Crippen LogP contribution in [0.15, 0.2) is 24.3 Å². The highest BCUT2D eigenvalue weighted by molar-refractivity contribution is 5.90. The molecule has 1 saturated carbocycles. The van der Waals surface area contributed by atoms with E-state index in [4.69, 9.17) is 0 Å². The summed E-state index contributed by atoms with van der Waals surface area (Å²) in [5.41, 5.74) is 1.86. The van der Waals surface area contributed by atoms with E-state index in [-0.39, 0.29) is 11.8 Å². The third-order valence-corrected chi connectivity index (χ3v) is 5.49. The predicted molar refractivity (Wildman–Crippen MR) is 83.6 cm³/mol. The summed E-state index contributed by atoms with van der Waals surface area (Å²) < 4.78 is 0. The van der Waals surface area contributed by atoms with Gasteiger partial charge in [-0.3, -0.25) is 9.59 Å². The molecule has 0 aromatic heterocycles. The number of carbonyl (C=O) groups excluding carboxylic acids is 1. The number of hydrogen-bond donors (Lipinski definition) is 1. The van der Waals surface area contributed by atoms with Crippen LogP contribution in [-0.4, -0.2) is 35.0 Å². The van der Waals surface area contributed by atoms with Crippen molar-refractivity contribution in [3.05, 3.63) is 35.4 Å². The minimum absolute atomic E-state index is 0.0236. The van der Waals surface area contributed by atoms with Gasteiger partial charge in [0.25, 0.3) is 0 Å². The van der Waals surface area contributed by atoms with Crippen molar-refractivity contribution in [1.29, 1.82) is 0 Å². The molecule has 22 heavy (non-hydrogen) atoms. The molecular formula is C18H23NO3. The molecule has 1 amide bonds. The molecule has 4 nitrogen and oxygen atoms in total. The van der Waals surface area contributed by atoms with Gasteiger partial charge in [-0.15, -0.1) is 0 Å². The van der Waals surface area contributed by atoms with Crippen LogP contribution in [-0.2, 0) is 15.0 Å². The Morgan fingerprint density at radius 2 is 1.91 bits per heavy atom. The first-order chi connectivity index (χ1) is 10.5. The average Bonchev–Trinajstić information content (AvgIpc) is 2.82. The molecule has 1 saturated heterocycles. The van der Waals surface area contributed by atoms with E-state index in [9.17, 15) is 14.7 Å². The van der Waals surface area contributed by atoms with Crippen molar-refractivity contribution in [3.63, 3.8) is 0 Å². The summed E-state index contributed by atoms with van der Waals surface area (Å²) in [7, 11) is 0. The summed E-state index contributed by atoms with van der Waals surface area (Å²) in [6.07, 6.45) is 2.81. The third kappa shape index (κ3) is 2.21. The fourth-order valence-corrected chi connectivity index (χ4v) is 4.00. The SMILES string of the molecule is Cc1ccccc1C1(C(=O)N2C[C@@H](C)[C@H](C(=O)O)C2)CCC1. The number of amides is 1. The van der Waals surface area contributed by atoms with Gasteiger partial charge >= 0.3 is 5.97 Å². The maximum Gasteiger partial charge on any atom is 0.308 e. The van der Waals surface area contributed by atoms with E-state index in [1.165, 1.54) is 0 Å². The maximum absolute atomic E-state index is 13.1. The van der Waals surface area contributed by atoms with Gasteiger partial charge in [0, 0.05) is 13.1 Å². The number of benzene rings is 1. The monoisotopic (exact) mass is 301 g/mol. The zero-order valence-corrected chi connectivity index (χ0v) is 13.2. The fourth-order valence-electron chi connectivity index (χ4n) is 4.00. The molecular weight excluding hydrogens is 278 g/mol. The van der Waals surface area contributed by atoms with Gasteiger partial charge in [-0.2, -0.15) is 0 Å². The summed E-state index contributed by atoms with van der Waals surface area (Å²) in [5, 5.41) is 9.28. The number of nitrogens with zero attached hydrogens (tertiary/aromatic N) is 1. The lowest BCUT2D eigenvalue weighted by Gasteiger charge is -2.44. The van der Waals surface area contributed by atoms with Gasteiger partial charge in [0.1, 0.15) is 0 Å². The Hall–Kier alpha value is -1.84. The normalized spacial score (nSPS) is 26.5. The molecule has 2 aliphatic rings. The molecule has 118 valence electrons. The zero-order valence-electron chi connectivity index (χ0n) is 13.2. The van der Waals surface area contributed by atoms with E-state index in [0.717, 1.165) is 30.4 Å². The third-order valence-electron chi connectivity index (χ3n) is 5.49. The molecule has 1 aliphatic heterocycles. The topological polar surface area (TPSA) is 57.6 Å². The van der Waals surface area contributed by atoms with Gasteiger partial charge in [-0.1, -0.05) is 37.6 Å². The summed E-state index contributed by atoms with van der Waals surface area (Å²) in [6, 6.07) is 8.09. The molecule has 1 aromatic carbocycles. The van der Waals surface area contributed by atoms with Crippen LogP contribution in [0.2, 0.25) is 0 Å². The van der Waals surface area contributed by atoms with E-state index in [2.05, 4.69) is 19.1 Å². The Labute approximate surface area is 131 Å². The Balaban J connectivity index is 1.88. The largest absolute Gasteiger partial charge is 0.481 e. The van der Waals surface area contributed by atoms with E-state index in [0.29, 0.717) is 13.1 Å². The number of rotatable bonds is 3. The number of likely N-dealkylation sites (tertiary alicyclic amines) is 1. The number of carboxylic acids is 1. The molecule has 1 heterocycles. The second-order valence-electron chi connectivity index (χ2n) is 6.88. The first kappa shape index (κ1) is 15.1. The van der Waals surface area contributed by atoms with Gasteiger partial charge in [0.2, 0.25) is 5.91 Å². The lowest BCUT2D eigenvalue weighted by Crippen LogP contribution is -2.51. The van der Waals surface area contributed by atoms with Crippen molar-refractivity contribution in [1.82, 2.24) is 4.90 Å². The Bertz CT molecular complexity index is 606. The van der Waals surface area contributed by atoms with Gasteiger partial charge in [0.15, 0.2) is 0 Å². The molecule has 3 rings (SSSR count). The summed E-state index contributed by atoms with van der Waals surface area (Å²) >= 11 is 0. The highest BCUT2D eigenvalue weighted by atomic mass is 16.4. The van der Waals surface area contributed by atoms with Crippen molar-refractivity contribution in [2.24, 2.45) is 11.8 Å². The molecule has 0 unspecified atom stereocenters. The maximum atomic E-state index is 13.1. The van der Waals surface area contributed by atoms with Crippen LogP contribution in [0, 0.1) is 18.8 Å². The lowest BCUT2D eigenvalue weighted by atomic mass is 9.62. The number of carbonyl (C=O) groups is 2. The smallest absolute Gasteiger partial charge is 0.308 e.